The maximum atomic E-state index is 13.5. The van der Waals surface area contributed by atoms with E-state index in [9.17, 15) is 4.39 Å². The fraction of sp³-hybridized carbons (Fsp3) is 0.500. The molecule has 0 radical (unpaired) electrons. The molecule has 2 unspecified atom stereocenters. The molecule has 0 saturated heterocycles. The normalized spacial score (nSPS) is 23.4. The van der Waals surface area contributed by atoms with Crippen LogP contribution < -0.4 is 5.73 Å². The molecule has 1 aromatic heterocycles. The molecule has 1 fully saturated rings. The number of halogens is 2. The second kappa shape index (κ2) is 5.45. The van der Waals surface area contributed by atoms with Crippen LogP contribution >= 0.6 is 23.4 Å². The highest BCUT2D eigenvalue weighted by Crippen LogP contribution is 2.38. The van der Waals surface area contributed by atoms with Gasteiger partial charge in [0.15, 0.2) is 0 Å². The first-order valence-electron chi connectivity index (χ1n) is 6.75. The second-order valence-electron chi connectivity index (χ2n) is 5.27. The number of nitrogens with zero attached hydrogens (tertiary/aromatic N) is 2. The summed E-state index contributed by atoms with van der Waals surface area (Å²) in [4.78, 5) is 4.28. The predicted octanol–water partition coefficient (Wildman–Crippen LogP) is 4.26. The van der Waals surface area contributed by atoms with Gasteiger partial charge in [-0.2, -0.15) is 11.8 Å². The van der Waals surface area contributed by atoms with E-state index in [-0.39, 0.29) is 5.02 Å². The number of aromatic nitrogens is 2. The Balaban J connectivity index is 2.06. The van der Waals surface area contributed by atoms with Crippen LogP contribution in [0, 0.1) is 5.82 Å². The van der Waals surface area contributed by atoms with E-state index in [1.165, 1.54) is 18.9 Å². The van der Waals surface area contributed by atoms with Gasteiger partial charge < -0.3 is 10.3 Å². The van der Waals surface area contributed by atoms with Crippen molar-refractivity contribution in [3.8, 4) is 0 Å². The van der Waals surface area contributed by atoms with Crippen LogP contribution in [0.2, 0.25) is 5.02 Å². The number of hydrogen-bond acceptors (Lipinski definition) is 3. The van der Waals surface area contributed by atoms with Crippen molar-refractivity contribution >= 4 is 40.3 Å². The van der Waals surface area contributed by atoms with Crippen molar-refractivity contribution in [3.63, 3.8) is 0 Å². The first kappa shape index (κ1) is 14.0. The summed E-state index contributed by atoms with van der Waals surface area (Å²) < 4.78 is 15.6. The summed E-state index contributed by atoms with van der Waals surface area (Å²) >= 11 is 7.81. The monoisotopic (exact) mass is 313 g/mol. The summed E-state index contributed by atoms with van der Waals surface area (Å²) in [5.41, 5.74) is 7.46. The van der Waals surface area contributed by atoms with Crippen LogP contribution in [0.3, 0.4) is 0 Å². The molecule has 108 valence electrons. The molecule has 20 heavy (non-hydrogen) atoms. The van der Waals surface area contributed by atoms with Crippen molar-refractivity contribution in [3.05, 3.63) is 23.0 Å². The summed E-state index contributed by atoms with van der Waals surface area (Å²) in [6.07, 6.45) is 6.74. The predicted molar refractivity (Wildman–Crippen MR) is 83.9 cm³/mol. The molecule has 3 rings (SSSR count). The van der Waals surface area contributed by atoms with Crippen molar-refractivity contribution in [2.45, 2.75) is 37.0 Å². The smallest absolute Gasteiger partial charge is 0.201 e. The lowest BCUT2D eigenvalue weighted by atomic mass is 9.94. The lowest BCUT2D eigenvalue weighted by molar-refractivity contribution is 0.371. The molecule has 3 nitrogen and oxygen atoms in total. The zero-order valence-corrected chi connectivity index (χ0v) is 12.8. The van der Waals surface area contributed by atoms with Gasteiger partial charge in [0.2, 0.25) is 5.95 Å². The molecule has 0 spiro atoms. The Labute approximate surface area is 126 Å². The lowest BCUT2D eigenvalue weighted by Crippen LogP contribution is -2.21. The Morgan fingerprint density at radius 3 is 3.00 bits per heavy atom. The molecule has 1 aliphatic carbocycles. The first-order valence-corrected chi connectivity index (χ1v) is 8.42. The first-order chi connectivity index (χ1) is 9.60. The molecule has 2 aromatic rings. The number of fused-ring (bicyclic) bond motifs is 1. The van der Waals surface area contributed by atoms with Crippen LogP contribution in [-0.2, 0) is 0 Å². The maximum Gasteiger partial charge on any atom is 0.201 e. The van der Waals surface area contributed by atoms with Gasteiger partial charge in [0.1, 0.15) is 5.82 Å². The molecule has 0 bridgehead atoms. The number of hydrogen-bond donors (Lipinski definition) is 1. The maximum absolute atomic E-state index is 13.5. The van der Waals surface area contributed by atoms with E-state index >= 15 is 0 Å². The Kier molecular flexibility index (Phi) is 3.82. The molecule has 1 aromatic carbocycles. The molecular formula is C14H17ClFN3S. The van der Waals surface area contributed by atoms with E-state index in [2.05, 4.69) is 11.2 Å². The summed E-state index contributed by atoms with van der Waals surface area (Å²) in [7, 11) is 0. The summed E-state index contributed by atoms with van der Waals surface area (Å²) in [6, 6.07) is 3.32. The SMILES string of the molecule is CSC1CCCC(n2c(N)nc3cc(F)c(Cl)cc32)C1. The molecule has 0 amide bonds. The van der Waals surface area contributed by atoms with Gasteiger partial charge >= 0.3 is 0 Å². The van der Waals surface area contributed by atoms with Crippen molar-refractivity contribution in [1.82, 2.24) is 9.55 Å². The van der Waals surface area contributed by atoms with Crippen LogP contribution in [0.15, 0.2) is 12.1 Å². The van der Waals surface area contributed by atoms with Gasteiger partial charge in [-0.25, -0.2) is 9.37 Å². The van der Waals surface area contributed by atoms with Gasteiger partial charge in [-0.3, -0.25) is 0 Å². The van der Waals surface area contributed by atoms with Crippen molar-refractivity contribution in [1.29, 1.82) is 0 Å². The van der Waals surface area contributed by atoms with Crippen molar-refractivity contribution in [2.75, 3.05) is 12.0 Å². The van der Waals surface area contributed by atoms with Crippen LogP contribution in [0.25, 0.3) is 11.0 Å². The zero-order valence-electron chi connectivity index (χ0n) is 11.3. The van der Waals surface area contributed by atoms with E-state index < -0.39 is 5.82 Å². The van der Waals surface area contributed by atoms with E-state index in [1.807, 2.05) is 16.3 Å². The van der Waals surface area contributed by atoms with Crippen LogP contribution in [0.1, 0.15) is 31.7 Å². The molecule has 1 saturated carbocycles. The molecule has 1 aliphatic rings. The van der Waals surface area contributed by atoms with Gasteiger partial charge in [-0.1, -0.05) is 18.0 Å². The second-order valence-corrected chi connectivity index (χ2v) is 6.82. The standard InChI is InChI=1S/C14H17ClFN3S/c1-20-9-4-2-3-8(5-9)19-13-6-10(15)11(16)7-12(13)18-14(19)17/h6-9H,2-5H2,1H3,(H2,17,18). The molecular weight excluding hydrogens is 297 g/mol. The largest absolute Gasteiger partial charge is 0.369 e. The zero-order chi connectivity index (χ0) is 14.3. The van der Waals surface area contributed by atoms with E-state index in [0.29, 0.717) is 22.8 Å². The number of anilines is 1. The molecule has 2 N–H and O–H groups in total. The highest BCUT2D eigenvalue weighted by Gasteiger charge is 2.26. The molecule has 1 heterocycles. The number of nitrogens with two attached hydrogens (primary N) is 1. The Bertz CT molecular complexity index is 643. The number of benzene rings is 1. The van der Waals surface area contributed by atoms with E-state index in [4.69, 9.17) is 17.3 Å². The van der Waals surface area contributed by atoms with Crippen molar-refractivity contribution < 1.29 is 4.39 Å². The Hall–Kier alpha value is -0.940. The highest BCUT2D eigenvalue weighted by molar-refractivity contribution is 7.99. The fourth-order valence-corrected chi connectivity index (χ4v) is 4.04. The number of rotatable bonds is 2. The van der Waals surface area contributed by atoms with E-state index in [1.54, 1.807) is 6.07 Å². The summed E-state index contributed by atoms with van der Waals surface area (Å²) in [5, 5.41) is 0.775. The minimum atomic E-state index is -0.450. The van der Waals surface area contributed by atoms with Gasteiger partial charge in [0.05, 0.1) is 16.1 Å². The van der Waals surface area contributed by atoms with Gasteiger partial charge in [0, 0.05) is 17.4 Å². The van der Waals surface area contributed by atoms with Crippen LogP contribution in [-0.4, -0.2) is 21.1 Å². The Morgan fingerprint density at radius 1 is 1.45 bits per heavy atom. The number of thioether (sulfide) groups is 1. The quantitative estimate of drug-likeness (QED) is 0.901. The number of nitrogen functional groups attached to an aromatic ring is 1. The fourth-order valence-electron chi connectivity index (χ4n) is 3.06. The van der Waals surface area contributed by atoms with Crippen molar-refractivity contribution in [2.24, 2.45) is 0 Å². The minimum absolute atomic E-state index is 0.121. The van der Waals surface area contributed by atoms with Crippen LogP contribution in [0.4, 0.5) is 10.3 Å². The third kappa shape index (κ3) is 2.37. The van der Waals surface area contributed by atoms with Gasteiger partial charge in [0.25, 0.3) is 0 Å². The molecule has 2 atom stereocenters. The van der Waals surface area contributed by atoms with Crippen LogP contribution in [0.5, 0.6) is 0 Å². The average molecular weight is 314 g/mol. The van der Waals surface area contributed by atoms with Gasteiger partial charge in [-0.15, -0.1) is 0 Å². The van der Waals surface area contributed by atoms with Gasteiger partial charge in [-0.05, 0) is 31.6 Å². The average Bonchev–Trinajstić information content (AvgIpc) is 2.74. The lowest BCUT2D eigenvalue weighted by Gasteiger charge is -2.30. The molecule has 0 aliphatic heterocycles. The highest BCUT2D eigenvalue weighted by atomic mass is 35.5. The third-order valence-electron chi connectivity index (χ3n) is 4.06. The van der Waals surface area contributed by atoms with E-state index in [0.717, 1.165) is 18.4 Å². The topological polar surface area (TPSA) is 43.8 Å². The minimum Gasteiger partial charge on any atom is -0.369 e. The Morgan fingerprint density at radius 2 is 2.25 bits per heavy atom. The third-order valence-corrected chi connectivity index (χ3v) is 5.44. The summed E-state index contributed by atoms with van der Waals surface area (Å²) in [6.45, 7) is 0. The number of imidazole rings is 1. The summed E-state index contributed by atoms with van der Waals surface area (Å²) in [5.74, 6) is 0.00266. The molecule has 6 heteroatoms.